The van der Waals surface area contributed by atoms with E-state index in [1.54, 1.807) is 18.7 Å². The van der Waals surface area contributed by atoms with Crippen LogP contribution in [-0.2, 0) is 4.43 Å². The Labute approximate surface area is 70.2 Å². The Kier molecular flexibility index (Phi) is 14.2. The van der Waals surface area contributed by atoms with Crippen LogP contribution in [-0.4, -0.2) is 27.1 Å². The van der Waals surface area contributed by atoms with Gasteiger partial charge in [-0.15, -0.1) is 12.4 Å². The summed E-state index contributed by atoms with van der Waals surface area (Å²) in [4.78, 5) is 6.42. The van der Waals surface area contributed by atoms with Crippen LogP contribution in [0.2, 0.25) is 0 Å². The van der Waals surface area contributed by atoms with Crippen LogP contribution in [0.5, 0.6) is 0 Å². The first-order chi connectivity index (χ1) is 4.41. The SMILES string of the molecule is CCO[SiH3].Cl.c1c[nH]cn1. The lowest BCUT2D eigenvalue weighted by atomic mass is 10.9. The van der Waals surface area contributed by atoms with Gasteiger partial charge in [0.1, 0.15) is 10.5 Å². The summed E-state index contributed by atoms with van der Waals surface area (Å²) in [6, 6.07) is 0. The number of aromatic nitrogens is 2. The molecule has 0 saturated heterocycles. The molecule has 0 unspecified atom stereocenters. The summed E-state index contributed by atoms with van der Waals surface area (Å²) in [5.41, 5.74) is 0. The summed E-state index contributed by atoms with van der Waals surface area (Å²) in [6.45, 7) is 2.87. The summed E-state index contributed by atoms with van der Waals surface area (Å²) < 4.78 is 4.68. The summed E-state index contributed by atoms with van der Waals surface area (Å²) in [6.07, 6.45) is 5.08. The Balaban J connectivity index is 0. The van der Waals surface area contributed by atoms with E-state index in [2.05, 4.69) is 14.4 Å². The molecular formula is C5H13ClN2OSi. The van der Waals surface area contributed by atoms with E-state index < -0.39 is 0 Å². The molecule has 60 valence electrons. The van der Waals surface area contributed by atoms with Crippen molar-refractivity contribution in [1.29, 1.82) is 0 Å². The first-order valence-corrected chi connectivity index (χ1v) is 3.65. The molecule has 0 aliphatic carbocycles. The van der Waals surface area contributed by atoms with Gasteiger partial charge in [0.25, 0.3) is 0 Å². The molecule has 1 aromatic heterocycles. The molecule has 0 radical (unpaired) electrons. The van der Waals surface area contributed by atoms with Crippen LogP contribution in [0.1, 0.15) is 6.92 Å². The largest absolute Gasteiger partial charge is 0.428 e. The molecule has 0 fully saturated rings. The van der Waals surface area contributed by atoms with Crippen LogP contribution in [0.25, 0.3) is 0 Å². The minimum Gasteiger partial charge on any atom is -0.428 e. The molecule has 0 bridgehead atoms. The maximum absolute atomic E-state index is 4.68. The summed E-state index contributed by atoms with van der Waals surface area (Å²) in [7, 11) is 0.890. The van der Waals surface area contributed by atoms with Crippen LogP contribution in [0, 0.1) is 0 Å². The van der Waals surface area contributed by atoms with Crippen LogP contribution in [0.15, 0.2) is 18.7 Å². The third-order valence-electron chi connectivity index (χ3n) is 0.695. The Morgan fingerprint density at radius 3 is 2.40 bits per heavy atom. The van der Waals surface area contributed by atoms with E-state index >= 15 is 0 Å². The average Bonchev–Trinajstić information content (AvgIpc) is 2.43. The van der Waals surface area contributed by atoms with Crippen molar-refractivity contribution in [2.75, 3.05) is 6.61 Å². The van der Waals surface area contributed by atoms with E-state index in [4.69, 9.17) is 0 Å². The minimum absolute atomic E-state index is 0. The minimum atomic E-state index is 0. The summed E-state index contributed by atoms with van der Waals surface area (Å²) in [5.74, 6) is 0. The van der Waals surface area contributed by atoms with Gasteiger partial charge in [-0.2, -0.15) is 0 Å². The van der Waals surface area contributed by atoms with Gasteiger partial charge < -0.3 is 9.41 Å². The number of hydrogen-bond donors (Lipinski definition) is 1. The molecule has 1 N–H and O–H groups in total. The second-order valence-corrected chi connectivity index (χ2v) is 1.92. The van der Waals surface area contributed by atoms with Crippen molar-refractivity contribution in [3.8, 4) is 0 Å². The maximum atomic E-state index is 4.68. The highest BCUT2D eigenvalue weighted by atomic mass is 35.5. The van der Waals surface area contributed by atoms with Gasteiger partial charge in [0.05, 0.1) is 6.33 Å². The van der Waals surface area contributed by atoms with Gasteiger partial charge in [0.2, 0.25) is 0 Å². The molecule has 0 atom stereocenters. The molecule has 0 saturated carbocycles. The van der Waals surface area contributed by atoms with Gasteiger partial charge >= 0.3 is 0 Å². The number of hydrogen-bond acceptors (Lipinski definition) is 2. The van der Waals surface area contributed by atoms with Gasteiger partial charge in [-0.25, -0.2) is 4.98 Å². The fourth-order valence-corrected chi connectivity index (χ4v) is 0.215. The van der Waals surface area contributed by atoms with E-state index in [1.807, 2.05) is 6.92 Å². The van der Waals surface area contributed by atoms with Gasteiger partial charge in [0.15, 0.2) is 0 Å². The zero-order chi connectivity index (χ0) is 6.95. The van der Waals surface area contributed by atoms with Crippen LogP contribution in [0.3, 0.4) is 0 Å². The van der Waals surface area contributed by atoms with Crippen molar-refractivity contribution in [1.82, 2.24) is 9.97 Å². The number of imidazole rings is 1. The lowest BCUT2D eigenvalue weighted by molar-refractivity contribution is 0.375. The van der Waals surface area contributed by atoms with Gasteiger partial charge in [0, 0.05) is 19.0 Å². The van der Waals surface area contributed by atoms with E-state index in [9.17, 15) is 0 Å². The number of nitrogens with one attached hydrogen (secondary N) is 1. The lowest BCUT2D eigenvalue weighted by Crippen LogP contribution is -1.76. The average molecular weight is 181 g/mol. The topological polar surface area (TPSA) is 37.9 Å². The van der Waals surface area contributed by atoms with E-state index in [0.717, 1.165) is 17.1 Å². The molecular weight excluding hydrogens is 168 g/mol. The Hall–Kier alpha value is -0.323. The second kappa shape index (κ2) is 11.5. The normalized spacial score (nSPS) is 7.30. The van der Waals surface area contributed by atoms with Crippen molar-refractivity contribution in [3.63, 3.8) is 0 Å². The van der Waals surface area contributed by atoms with Crippen LogP contribution in [0.4, 0.5) is 0 Å². The Bertz CT molecular complexity index is 95.2. The number of rotatable bonds is 1. The van der Waals surface area contributed by atoms with E-state index in [1.165, 1.54) is 0 Å². The van der Waals surface area contributed by atoms with Gasteiger partial charge in [-0.05, 0) is 6.92 Å². The highest BCUT2D eigenvalue weighted by Crippen LogP contribution is 1.62. The first-order valence-electron chi connectivity index (χ1n) is 2.83. The molecule has 10 heavy (non-hydrogen) atoms. The summed E-state index contributed by atoms with van der Waals surface area (Å²) in [5, 5.41) is 0. The van der Waals surface area contributed by atoms with Crippen molar-refractivity contribution >= 4 is 22.9 Å². The predicted octanol–water partition coefficient (Wildman–Crippen LogP) is 0.135. The molecule has 0 spiro atoms. The fourth-order valence-electron chi connectivity index (χ4n) is 0.215. The third-order valence-corrected chi connectivity index (χ3v) is 1.27. The van der Waals surface area contributed by atoms with Crippen molar-refractivity contribution in [2.45, 2.75) is 6.92 Å². The summed E-state index contributed by atoms with van der Waals surface area (Å²) >= 11 is 0. The zero-order valence-electron chi connectivity index (χ0n) is 6.20. The first kappa shape index (κ1) is 12.4. The van der Waals surface area contributed by atoms with Crippen molar-refractivity contribution in [3.05, 3.63) is 18.7 Å². The molecule has 5 heteroatoms. The molecule has 1 rings (SSSR count). The van der Waals surface area contributed by atoms with Crippen molar-refractivity contribution in [2.24, 2.45) is 0 Å². The second-order valence-electron chi connectivity index (χ2n) is 1.34. The highest BCUT2D eigenvalue weighted by molar-refractivity contribution is 5.97. The molecule has 3 nitrogen and oxygen atoms in total. The Morgan fingerprint density at radius 2 is 2.30 bits per heavy atom. The number of aromatic amines is 1. The van der Waals surface area contributed by atoms with Gasteiger partial charge in [-0.1, -0.05) is 0 Å². The number of halogens is 1. The van der Waals surface area contributed by atoms with Crippen molar-refractivity contribution < 1.29 is 4.43 Å². The fraction of sp³-hybridized carbons (Fsp3) is 0.400. The van der Waals surface area contributed by atoms with Crippen LogP contribution >= 0.6 is 12.4 Å². The van der Waals surface area contributed by atoms with Gasteiger partial charge in [-0.3, -0.25) is 0 Å². The third kappa shape index (κ3) is 10.6. The van der Waals surface area contributed by atoms with Crippen LogP contribution < -0.4 is 0 Å². The quantitative estimate of drug-likeness (QED) is 0.625. The molecule has 0 aliphatic rings. The van der Waals surface area contributed by atoms with E-state index in [-0.39, 0.29) is 12.4 Å². The molecule has 1 aromatic rings. The zero-order valence-corrected chi connectivity index (χ0v) is 9.02. The number of nitrogens with zero attached hydrogens (tertiary/aromatic N) is 1. The molecule has 0 aliphatic heterocycles. The molecule has 1 heterocycles. The monoisotopic (exact) mass is 180 g/mol. The Morgan fingerprint density at radius 1 is 1.70 bits per heavy atom. The maximum Gasteiger partial charge on any atom is 0.145 e. The number of H-pyrrole nitrogens is 1. The van der Waals surface area contributed by atoms with E-state index in [0.29, 0.717) is 0 Å². The smallest absolute Gasteiger partial charge is 0.145 e. The molecule has 0 aromatic carbocycles. The standard InChI is InChI=1S/C3H4N2.C2H8OSi.ClH/c1-2-5-3-4-1;1-2-3-4;/h1-3H,(H,4,5);2H2,1,4H3;1H. The lowest BCUT2D eigenvalue weighted by Gasteiger charge is -1.77. The molecule has 0 amide bonds. The predicted molar refractivity (Wildman–Crippen MR) is 47.4 cm³/mol. The highest BCUT2D eigenvalue weighted by Gasteiger charge is 1.56.